The molecule has 2 unspecified atom stereocenters. The topological polar surface area (TPSA) is 62.6 Å². The molecule has 1 aliphatic heterocycles. The van der Waals surface area contributed by atoms with Gasteiger partial charge in [-0.3, -0.25) is 9.59 Å². The number of likely N-dealkylation sites (tertiary alicyclic amines) is 1. The number of nitrogens with zero attached hydrogens (tertiary/aromatic N) is 1. The highest BCUT2D eigenvalue weighted by molar-refractivity contribution is 5.76. The molecule has 0 spiro atoms. The van der Waals surface area contributed by atoms with Crippen molar-refractivity contribution < 1.29 is 14.0 Å². The van der Waals surface area contributed by atoms with Gasteiger partial charge in [0, 0.05) is 26.4 Å². The highest BCUT2D eigenvalue weighted by Crippen LogP contribution is 2.29. The summed E-state index contributed by atoms with van der Waals surface area (Å²) in [6.45, 7) is 5.73. The predicted molar refractivity (Wildman–Crippen MR) is 79.3 cm³/mol. The highest BCUT2D eigenvalue weighted by atomic mass is 16.3. The van der Waals surface area contributed by atoms with Crippen LogP contribution in [0.4, 0.5) is 0 Å². The quantitative estimate of drug-likeness (QED) is 0.904. The zero-order valence-corrected chi connectivity index (χ0v) is 12.8. The van der Waals surface area contributed by atoms with E-state index in [1.54, 1.807) is 13.2 Å². The van der Waals surface area contributed by atoms with Crippen LogP contribution in [0.1, 0.15) is 38.9 Å². The summed E-state index contributed by atoms with van der Waals surface area (Å²) in [4.78, 5) is 25.4. The lowest BCUT2D eigenvalue weighted by Crippen LogP contribution is -2.43. The maximum atomic E-state index is 12.1. The van der Waals surface area contributed by atoms with Crippen molar-refractivity contribution in [1.29, 1.82) is 0 Å². The summed E-state index contributed by atoms with van der Waals surface area (Å²) in [7, 11) is 0. The van der Waals surface area contributed by atoms with Crippen molar-refractivity contribution in [3.63, 3.8) is 0 Å². The van der Waals surface area contributed by atoms with Gasteiger partial charge >= 0.3 is 0 Å². The molecule has 1 N–H and O–H groups in total. The molecule has 0 bridgehead atoms. The molecule has 2 amide bonds. The Labute approximate surface area is 125 Å². The molecule has 2 atom stereocenters. The number of rotatable bonds is 5. The summed E-state index contributed by atoms with van der Waals surface area (Å²) in [6.07, 6.45) is 4.04. The summed E-state index contributed by atoms with van der Waals surface area (Å²) < 4.78 is 5.20. The van der Waals surface area contributed by atoms with Crippen molar-refractivity contribution >= 4 is 11.8 Å². The Bertz CT molecular complexity index is 470. The third kappa shape index (κ3) is 4.34. The Morgan fingerprint density at radius 1 is 1.43 bits per heavy atom. The second-order valence-corrected chi connectivity index (χ2v) is 5.74. The molecule has 2 rings (SSSR count). The minimum Gasteiger partial charge on any atom is -0.467 e. The number of nitrogens with one attached hydrogen (secondary N) is 1. The predicted octanol–water partition coefficient (Wildman–Crippen LogP) is 2.18. The Hall–Kier alpha value is -1.78. The van der Waals surface area contributed by atoms with E-state index >= 15 is 0 Å². The minimum atomic E-state index is 0.0612. The molecule has 0 radical (unpaired) electrons. The van der Waals surface area contributed by atoms with Gasteiger partial charge < -0.3 is 14.6 Å². The van der Waals surface area contributed by atoms with Gasteiger partial charge in [0.05, 0.1) is 12.8 Å². The van der Waals surface area contributed by atoms with Crippen LogP contribution in [-0.2, 0) is 16.1 Å². The Balaban J connectivity index is 1.81. The minimum absolute atomic E-state index is 0.0612. The fraction of sp³-hybridized carbons (Fsp3) is 0.625. The van der Waals surface area contributed by atoms with E-state index in [1.807, 2.05) is 17.0 Å². The molecule has 5 heteroatoms. The van der Waals surface area contributed by atoms with E-state index in [0.717, 1.165) is 31.7 Å². The fourth-order valence-corrected chi connectivity index (χ4v) is 3.01. The van der Waals surface area contributed by atoms with Crippen LogP contribution in [0.2, 0.25) is 0 Å². The van der Waals surface area contributed by atoms with Gasteiger partial charge in [0.2, 0.25) is 11.8 Å². The van der Waals surface area contributed by atoms with Gasteiger partial charge in [-0.25, -0.2) is 0 Å². The second-order valence-electron chi connectivity index (χ2n) is 5.74. The largest absolute Gasteiger partial charge is 0.467 e. The van der Waals surface area contributed by atoms with Gasteiger partial charge in [0.25, 0.3) is 0 Å². The molecule has 0 aliphatic carbocycles. The van der Waals surface area contributed by atoms with Crippen molar-refractivity contribution in [2.75, 3.05) is 13.1 Å². The van der Waals surface area contributed by atoms with E-state index in [0.29, 0.717) is 24.8 Å². The Morgan fingerprint density at radius 3 is 2.86 bits per heavy atom. The van der Waals surface area contributed by atoms with Gasteiger partial charge in [-0.15, -0.1) is 0 Å². The smallest absolute Gasteiger partial charge is 0.220 e. The Morgan fingerprint density at radius 2 is 2.24 bits per heavy atom. The van der Waals surface area contributed by atoms with Crippen molar-refractivity contribution in [2.45, 2.75) is 39.7 Å². The van der Waals surface area contributed by atoms with E-state index in [1.165, 1.54) is 0 Å². The standard InChI is InChI=1S/C16H24N2O3/c1-3-13-11-18(12(2)19)7-6-14(13)9-16(20)17-10-15-5-4-8-21-15/h4-5,8,13-14H,3,6-7,9-11H2,1-2H3,(H,17,20). The van der Waals surface area contributed by atoms with E-state index < -0.39 is 0 Å². The normalized spacial score (nSPS) is 22.1. The molecule has 0 saturated carbocycles. The summed E-state index contributed by atoms with van der Waals surface area (Å²) in [5, 5.41) is 2.90. The molecule has 116 valence electrons. The average Bonchev–Trinajstić information content (AvgIpc) is 2.98. The van der Waals surface area contributed by atoms with Crippen molar-refractivity contribution in [3.8, 4) is 0 Å². The maximum Gasteiger partial charge on any atom is 0.220 e. The van der Waals surface area contributed by atoms with Gasteiger partial charge in [-0.05, 0) is 30.4 Å². The molecular weight excluding hydrogens is 268 g/mol. The van der Waals surface area contributed by atoms with Crippen LogP contribution in [0, 0.1) is 11.8 Å². The summed E-state index contributed by atoms with van der Waals surface area (Å²) in [5.41, 5.74) is 0. The third-order valence-electron chi connectivity index (χ3n) is 4.35. The van der Waals surface area contributed by atoms with Gasteiger partial charge in [0.15, 0.2) is 0 Å². The molecule has 1 aromatic heterocycles. The number of hydrogen-bond donors (Lipinski definition) is 1. The van der Waals surface area contributed by atoms with Crippen LogP contribution >= 0.6 is 0 Å². The molecular formula is C16H24N2O3. The zero-order chi connectivity index (χ0) is 15.2. The van der Waals surface area contributed by atoms with Crippen LogP contribution in [0.5, 0.6) is 0 Å². The van der Waals surface area contributed by atoms with Gasteiger partial charge in [-0.1, -0.05) is 13.3 Å². The van der Waals surface area contributed by atoms with Gasteiger partial charge in [-0.2, -0.15) is 0 Å². The lowest BCUT2D eigenvalue weighted by atomic mass is 9.81. The first-order valence-corrected chi connectivity index (χ1v) is 7.64. The lowest BCUT2D eigenvalue weighted by Gasteiger charge is -2.37. The van der Waals surface area contributed by atoms with E-state index in [9.17, 15) is 9.59 Å². The molecule has 1 aliphatic rings. The molecule has 0 aromatic carbocycles. The van der Waals surface area contributed by atoms with Crippen molar-refractivity contribution in [1.82, 2.24) is 10.2 Å². The van der Waals surface area contributed by atoms with Crippen LogP contribution < -0.4 is 5.32 Å². The number of amides is 2. The Kier molecular flexibility index (Phi) is 5.42. The monoisotopic (exact) mass is 292 g/mol. The van der Waals surface area contributed by atoms with Gasteiger partial charge in [0.1, 0.15) is 5.76 Å². The van der Waals surface area contributed by atoms with E-state index in [-0.39, 0.29) is 11.8 Å². The first kappa shape index (κ1) is 15.6. The number of carbonyl (C=O) groups excluding carboxylic acids is 2. The molecule has 1 fully saturated rings. The maximum absolute atomic E-state index is 12.1. The van der Waals surface area contributed by atoms with Crippen LogP contribution in [0.3, 0.4) is 0 Å². The van der Waals surface area contributed by atoms with Crippen molar-refractivity contribution in [2.24, 2.45) is 11.8 Å². The second kappa shape index (κ2) is 7.29. The number of carbonyl (C=O) groups is 2. The van der Waals surface area contributed by atoms with Crippen LogP contribution in [0.25, 0.3) is 0 Å². The van der Waals surface area contributed by atoms with Crippen LogP contribution in [-0.4, -0.2) is 29.8 Å². The lowest BCUT2D eigenvalue weighted by molar-refractivity contribution is -0.132. The van der Waals surface area contributed by atoms with Crippen LogP contribution in [0.15, 0.2) is 22.8 Å². The summed E-state index contributed by atoms with van der Waals surface area (Å²) in [6, 6.07) is 3.66. The summed E-state index contributed by atoms with van der Waals surface area (Å²) >= 11 is 0. The highest BCUT2D eigenvalue weighted by Gasteiger charge is 2.30. The van der Waals surface area contributed by atoms with E-state index in [4.69, 9.17) is 4.42 Å². The number of furan rings is 1. The SMILES string of the molecule is CCC1CN(C(C)=O)CCC1CC(=O)NCc1ccco1. The summed E-state index contributed by atoms with van der Waals surface area (Å²) in [5.74, 6) is 1.74. The first-order valence-electron chi connectivity index (χ1n) is 7.64. The number of hydrogen-bond acceptors (Lipinski definition) is 3. The third-order valence-corrected chi connectivity index (χ3v) is 4.35. The molecule has 21 heavy (non-hydrogen) atoms. The fourth-order valence-electron chi connectivity index (χ4n) is 3.01. The zero-order valence-electron chi connectivity index (χ0n) is 12.8. The van der Waals surface area contributed by atoms with E-state index in [2.05, 4.69) is 12.2 Å². The van der Waals surface area contributed by atoms with Crippen molar-refractivity contribution in [3.05, 3.63) is 24.2 Å². The molecule has 1 saturated heterocycles. The molecule has 1 aromatic rings. The first-order chi connectivity index (χ1) is 10.1. The molecule has 5 nitrogen and oxygen atoms in total. The molecule has 2 heterocycles. The number of piperidine rings is 1. The average molecular weight is 292 g/mol.